The molecule has 0 radical (unpaired) electrons. The van der Waals surface area contributed by atoms with Gasteiger partial charge in [0.2, 0.25) is 0 Å². The van der Waals surface area contributed by atoms with Crippen molar-refractivity contribution < 1.29 is 28.7 Å². The number of benzene rings is 1. The topological polar surface area (TPSA) is 119 Å². The number of phenols is 1. The molecule has 0 fully saturated rings. The summed E-state index contributed by atoms with van der Waals surface area (Å²) in [5.41, 5.74) is 4.09. The lowest BCUT2D eigenvalue weighted by Gasteiger charge is -2.22. The standard InChI is InChI=1S/C10H12F2N2O5.ClH/c1-19-7-3-5(14(17)18)2-6(8(7)16)9(13)10(11,12)4-15;/h2-3,9,15-16H,4,13H2,1H3;1H/t9-;/m1./s1. The quantitative estimate of drug-likeness (QED) is 0.557. The molecule has 0 bridgehead atoms. The van der Waals surface area contributed by atoms with E-state index in [1.54, 1.807) is 0 Å². The van der Waals surface area contributed by atoms with E-state index in [1.807, 2.05) is 0 Å². The first-order valence-corrected chi connectivity index (χ1v) is 5.04. The van der Waals surface area contributed by atoms with Crippen molar-refractivity contribution in [3.8, 4) is 11.5 Å². The predicted octanol–water partition coefficient (Wildman–Crippen LogP) is 1.36. The van der Waals surface area contributed by atoms with Gasteiger partial charge in [-0.2, -0.15) is 0 Å². The molecular formula is C10H13ClF2N2O5. The van der Waals surface area contributed by atoms with E-state index in [0.29, 0.717) is 6.07 Å². The summed E-state index contributed by atoms with van der Waals surface area (Å²) in [6, 6.07) is -0.513. The number of aliphatic hydroxyl groups excluding tert-OH is 1. The zero-order valence-electron chi connectivity index (χ0n) is 10.2. The van der Waals surface area contributed by atoms with Crippen molar-refractivity contribution >= 4 is 18.1 Å². The highest BCUT2D eigenvalue weighted by Crippen LogP contribution is 2.41. The number of hydrogen-bond acceptors (Lipinski definition) is 6. The number of halogens is 3. The number of alkyl halides is 2. The Morgan fingerprint density at radius 2 is 2.10 bits per heavy atom. The molecule has 0 aliphatic heterocycles. The van der Waals surface area contributed by atoms with Crippen LogP contribution in [-0.2, 0) is 0 Å². The fourth-order valence-corrected chi connectivity index (χ4v) is 1.44. The van der Waals surface area contributed by atoms with Crippen LogP contribution in [0.15, 0.2) is 12.1 Å². The van der Waals surface area contributed by atoms with Crippen LogP contribution >= 0.6 is 12.4 Å². The first-order chi connectivity index (χ1) is 8.74. The minimum Gasteiger partial charge on any atom is -0.504 e. The van der Waals surface area contributed by atoms with E-state index < -0.39 is 40.5 Å². The smallest absolute Gasteiger partial charge is 0.289 e. The van der Waals surface area contributed by atoms with E-state index in [0.717, 1.165) is 13.2 Å². The Morgan fingerprint density at radius 1 is 1.55 bits per heavy atom. The van der Waals surface area contributed by atoms with E-state index >= 15 is 0 Å². The molecule has 0 unspecified atom stereocenters. The SMILES string of the molecule is COc1cc([N+](=O)[O-])cc([C@@H](N)C(F)(F)CO)c1O.Cl. The van der Waals surface area contributed by atoms with Crippen LogP contribution in [0.2, 0.25) is 0 Å². The third-order valence-electron chi connectivity index (χ3n) is 2.52. The number of rotatable bonds is 5. The summed E-state index contributed by atoms with van der Waals surface area (Å²) in [5, 5.41) is 28.9. The number of aromatic hydroxyl groups is 1. The number of methoxy groups -OCH3 is 1. The van der Waals surface area contributed by atoms with Crippen LogP contribution in [-0.4, -0.2) is 34.8 Å². The molecule has 0 aromatic heterocycles. The van der Waals surface area contributed by atoms with Crippen LogP contribution in [0.4, 0.5) is 14.5 Å². The molecule has 0 amide bonds. The highest BCUT2D eigenvalue weighted by Gasteiger charge is 2.40. The number of phenolic OH excluding ortho intramolecular Hbond substituents is 1. The number of aliphatic hydroxyl groups is 1. The average Bonchev–Trinajstić information content (AvgIpc) is 2.37. The highest BCUT2D eigenvalue weighted by atomic mass is 35.5. The molecule has 4 N–H and O–H groups in total. The van der Waals surface area contributed by atoms with Gasteiger partial charge in [-0.3, -0.25) is 10.1 Å². The Kier molecular flexibility index (Phi) is 6.07. The van der Waals surface area contributed by atoms with Crippen molar-refractivity contribution in [2.75, 3.05) is 13.7 Å². The van der Waals surface area contributed by atoms with E-state index in [9.17, 15) is 24.0 Å². The second-order valence-electron chi connectivity index (χ2n) is 3.74. The van der Waals surface area contributed by atoms with Crippen LogP contribution in [0, 0.1) is 10.1 Å². The molecule has 1 atom stereocenters. The van der Waals surface area contributed by atoms with E-state index in [-0.39, 0.29) is 18.2 Å². The van der Waals surface area contributed by atoms with E-state index in [1.165, 1.54) is 0 Å². The van der Waals surface area contributed by atoms with E-state index in [2.05, 4.69) is 4.74 Å². The van der Waals surface area contributed by atoms with Crippen molar-refractivity contribution in [3.05, 3.63) is 27.8 Å². The Bertz CT molecular complexity index is 501. The summed E-state index contributed by atoms with van der Waals surface area (Å²) in [6.45, 7) is -1.56. The Labute approximate surface area is 118 Å². The molecule has 10 heteroatoms. The van der Waals surface area contributed by atoms with Gasteiger partial charge in [0.15, 0.2) is 11.5 Å². The summed E-state index contributed by atoms with van der Waals surface area (Å²) in [7, 11) is 1.11. The van der Waals surface area contributed by atoms with Crippen LogP contribution in [0.25, 0.3) is 0 Å². The number of nitro benzene ring substituents is 1. The first-order valence-electron chi connectivity index (χ1n) is 5.04. The number of non-ortho nitro benzene ring substituents is 1. The van der Waals surface area contributed by atoms with Gasteiger partial charge in [0.25, 0.3) is 11.6 Å². The van der Waals surface area contributed by atoms with Gasteiger partial charge in [-0.25, -0.2) is 8.78 Å². The van der Waals surface area contributed by atoms with Crippen molar-refractivity contribution in [1.82, 2.24) is 0 Å². The highest BCUT2D eigenvalue weighted by molar-refractivity contribution is 5.85. The Hall–Kier alpha value is -1.71. The number of nitro groups is 1. The summed E-state index contributed by atoms with van der Waals surface area (Å²) < 4.78 is 31.2. The molecule has 0 spiro atoms. The van der Waals surface area contributed by atoms with Crippen molar-refractivity contribution in [2.24, 2.45) is 5.73 Å². The zero-order valence-corrected chi connectivity index (χ0v) is 11.1. The van der Waals surface area contributed by atoms with Crippen LogP contribution in [0.3, 0.4) is 0 Å². The third-order valence-corrected chi connectivity index (χ3v) is 2.52. The van der Waals surface area contributed by atoms with Gasteiger partial charge in [0.05, 0.1) is 18.1 Å². The van der Waals surface area contributed by atoms with E-state index in [4.69, 9.17) is 10.8 Å². The lowest BCUT2D eigenvalue weighted by Crippen LogP contribution is -2.36. The zero-order chi connectivity index (χ0) is 14.8. The number of nitrogens with two attached hydrogens (primary N) is 1. The molecule has 1 rings (SSSR count). The fraction of sp³-hybridized carbons (Fsp3) is 0.400. The Balaban J connectivity index is 0.00000361. The predicted molar refractivity (Wildman–Crippen MR) is 67.5 cm³/mol. The molecule has 114 valence electrons. The molecule has 0 saturated heterocycles. The van der Waals surface area contributed by atoms with Crippen molar-refractivity contribution in [2.45, 2.75) is 12.0 Å². The van der Waals surface area contributed by atoms with Gasteiger partial charge in [0.1, 0.15) is 12.6 Å². The maximum absolute atomic E-state index is 13.3. The summed E-state index contributed by atoms with van der Waals surface area (Å²) in [4.78, 5) is 9.83. The average molecular weight is 315 g/mol. The normalized spacial score (nSPS) is 12.4. The lowest BCUT2D eigenvalue weighted by atomic mass is 9.99. The third kappa shape index (κ3) is 3.44. The largest absolute Gasteiger partial charge is 0.504 e. The maximum atomic E-state index is 13.3. The van der Waals surface area contributed by atoms with Crippen molar-refractivity contribution in [1.29, 1.82) is 0 Å². The molecule has 0 aliphatic rings. The Morgan fingerprint density at radius 3 is 2.50 bits per heavy atom. The van der Waals surface area contributed by atoms with Crippen LogP contribution in [0.1, 0.15) is 11.6 Å². The second-order valence-corrected chi connectivity index (χ2v) is 3.74. The monoisotopic (exact) mass is 314 g/mol. The summed E-state index contributed by atoms with van der Waals surface area (Å²) in [6.07, 6.45) is 0. The molecule has 20 heavy (non-hydrogen) atoms. The van der Waals surface area contributed by atoms with Gasteiger partial charge in [-0.1, -0.05) is 0 Å². The molecule has 0 aliphatic carbocycles. The minimum atomic E-state index is -3.74. The molecule has 1 aromatic carbocycles. The number of hydrogen-bond donors (Lipinski definition) is 3. The minimum absolute atomic E-state index is 0. The molecule has 0 saturated carbocycles. The lowest BCUT2D eigenvalue weighted by molar-refractivity contribution is -0.385. The van der Waals surface area contributed by atoms with Crippen LogP contribution < -0.4 is 10.5 Å². The van der Waals surface area contributed by atoms with Gasteiger partial charge in [-0.05, 0) is 0 Å². The summed E-state index contributed by atoms with van der Waals surface area (Å²) >= 11 is 0. The summed E-state index contributed by atoms with van der Waals surface area (Å²) in [5.74, 6) is -4.82. The van der Waals surface area contributed by atoms with Gasteiger partial charge in [0, 0.05) is 11.6 Å². The molecule has 0 heterocycles. The van der Waals surface area contributed by atoms with Gasteiger partial charge >= 0.3 is 0 Å². The fourth-order valence-electron chi connectivity index (χ4n) is 1.44. The van der Waals surface area contributed by atoms with Gasteiger partial charge < -0.3 is 20.7 Å². The number of ether oxygens (including phenoxy) is 1. The molecule has 1 aromatic rings. The van der Waals surface area contributed by atoms with Crippen molar-refractivity contribution in [3.63, 3.8) is 0 Å². The number of nitrogens with zero attached hydrogens (tertiary/aromatic N) is 1. The van der Waals surface area contributed by atoms with Crippen LogP contribution in [0.5, 0.6) is 11.5 Å². The molecule has 7 nitrogen and oxygen atoms in total. The second kappa shape index (κ2) is 6.64. The van der Waals surface area contributed by atoms with Gasteiger partial charge in [-0.15, -0.1) is 12.4 Å². The first kappa shape index (κ1) is 18.3. The maximum Gasteiger partial charge on any atom is 0.289 e. The molecular weight excluding hydrogens is 302 g/mol.